The predicted octanol–water partition coefficient (Wildman–Crippen LogP) is 6.64. The molecule has 56 heavy (non-hydrogen) atoms. The Morgan fingerprint density at radius 2 is 1.38 bits per heavy atom. The second-order valence-corrected chi connectivity index (χ2v) is 14.0. The monoisotopic (exact) mass is 842 g/mol. The number of carboxylic acids is 1. The van der Waals surface area contributed by atoms with Crippen LogP contribution in [0.2, 0.25) is 0 Å². The van der Waals surface area contributed by atoms with Gasteiger partial charge in [-0.3, -0.25) is 14.5 Å². The van der Waals surface area contributed by atoms with Gasteiger partial charge in [0.25, 0.3) is 15.9 Å². The minimum absolute atomic E-state index is 0.259. The lowest BCUT2D eigenvalue weighted by Gasteiger charge is -2.17. The third-order valence-corrected chi connectivity index (χ3v) is 9.78. The summed E-state index contributed by atoms with van der Waals surface area (Å²) in [5.74, 6) is -6.02. The van der Waals surface area contributed by atoms with Crippen LogP contribution in [0.15, 0.2) is 132 Å². The summed E-state index contributed by atoms with van der Waals surface area (Å²) < 4.78 is 72.4. The first-order valence-electron chi connectivity index (χ1n) is 16.2. The van der Waals surface area contributed by atoms with Crippen molar-refractivity contribution in [3.63, 3.8) is 0 Å². The number of rotatable bonds is 10. The molecular formula is C38H26BrF3N8O5S. The Morgan fingerprint density at radius 3 is 1.98 bits per heavy atom. The number of benzene rings is 3. The summed E-state index contributed by atoms with van der Waals surface area (Å²) in [6.07, 6.45) is 9.02. The number of aliphatic carboxylic acids is 1. The summed E-state index contributed by atoms with van der Waals surface area (Å²) in [6.45, 7) is 0. The zero-order valence-electron chi connectivity index (χ0n) is 28.5. The molecule has 13 nitrogen and oxygen atoms in total. The first kappa shape index (κ1) is 39.0. The van der Waals surface area contributed by atoms with Crippen molar-refractivity contribution in [3.05, 3.63) is 156 Å². The van der Waals surface area contributed by atoms with E-state index in [9.17, 15) is 27.5 Å². The third kappa shape index (κ3) is 9.34. The van der Waals surface area contributed by atoms with Crippen LogP contribution in [-0.2, 0) is 21.2 Å². The fourth-order valence-corrected chi connectivity index (χ4v) is 6.71. The number of nitrogens with one attached hydrogen (secondary N) is 2. The number of halogens is 4. The summed E-state index contributed by atoms with van der Waals surface area (Å²) in [5.41, 5.74) is 0.868. The van der Waals surface area contributed by atoms with Crippen molar-refractivity contribution < 1.29 is 36.3 Å². The van der Waals surface area contributed by atoms with Crippen molar-refractivity contribution in [1.82, 2.24) is 35.2 Å². The van der Waals surface area contributed by atoms with E-state index >= 15 is 8.78 Å². The highest BCUT2D eigenvalue weighted by Gasteiger charge is 2.27. The van der Waals surface area contributed by atoms with Crippen molar-refractivity contribution in [2.24, 2.45) is 0 Å². The minimum atomic E-state index is -4.35. The van der Waals surface area contributed by atoms with Gasteiger partial charge in [-0.2, -0.15) is 4.39 Å². The largest absolute Gasteiger partial charge is 0.480 e. The van der Waals surface area contributed by atoms with E-state index in [-0.39, 0.29) is 11.3 Å². The summed E-state index contributed by atoms with van der Waals surface area (Å²) in [5, 5.41) is 12.6. The van der Waals surface area contributed by atoms with E-state index in [4.69, 9.17) is 0 Å². The van der Waals surface area contributed by atoms with Crippen molar-refractivity contribution in [2.75, 3.05) is 4.72 Å². The molecule has 0 fully saturated rings. The zero-order valence-corrected chi connectivity index (χ0v) is 30.9. The molecule has 4 aromatic heterocycles. The van der Waals surface area contributed by atoms with Crippen LogP contribution in [-0.4, -0.2) is 61.3 Å². The maximum Gasteiger partial charge on any atom is 0.326 e. The fraction of sp³-hybridized carbons (Fsp3) is 0.0526. The Balaban J connectivity index is 0.000000685. The van der Waals surface area contributed by atoms with Crippen LogP contribution in [0.25, 0.3) is 33.4 Å². The van der Waals surface area contributed by atoms with E-state index < -0.39 is 56.8 Å². The van der Waals surface area contributed by atoms with Gasteiger partial charge >= 0.3 is 5.97 Å². The van der Waals surface area contributed by atoms with Crippen LogP contribution in [0.3, 0.4) is 0 Å². The summed E-state index contributed by atoms with van der Waals surface area (Å²) in [4.78, 5) is 48.9. The number of carboxylic acid groups (broad SMARTS) is 1. The Bertz CT molecular complexity index is 2620. The molecule has 0 bridgehead atoms. The highest BCUT2D eigenvalue weighted by molar-refractivity contribution is 9.10. The number of fused-ring (bicyclic) bond motifs is 1. The zero-order chi connectivity index (χ0) is 39.8. The smallest absolute Gasteiger partial charge is 0.326 e. The maximum absolute atomic E-state index is 15.2. The van der Waals surface area contributed by atoms with Gasteiger partial charge in [-0.25, -0.2) is 46.9 Å². The van der Waals surface area contributed by atoms with Crippen LogP contribution < -0.4 is 10.0 Å². The summed E-state index contributed by atoms with van der Waals surface area (Å²) in [7, 11) is -4.35. The Morgan fingerprint density at radius 1 is 0.732 bits per heavy atom. The molecular weight excluding hydrogens is 817 g/mol. The molecule has 0 saturated heterocycles. The molecule has 0 unspecified atom stereocenters. The predicted molar refractivity (Wildman–Crippen MR) is 202 cm³/mol. The van der Waals surface area contributed by atoms with Crippen molar-refractivity contribution in [3.8, 4) is 22.5 Å². The molecule has 4 heterocycles. The molecule has 3 aromatic carbocycles. The van der Waals surface area contributed by atoms with Gasteiger partial charge in [-0.05, 0) is 87.2 Å². The highest BCUT2D eigenvalue weighted by Crippen LogP contribution is 2.29. The molecule has 1 atom stereocenters. The third-order valence-electron chi connectivity index (χ3n) is 7.97. The lowest BCUT2D eigenvalue weighted by Crippen LogP contribution is -2.43. The van der Waals surface area contributed by atoms with Gasteiger partial charge in [0.1, 0.15) is 23.2 Å². The standard InChI is InChI=1S/C34H23F3N6O5S.C4H3BrN2/c35-26-17-22(43-49(47,48)23-7-4-19(5-8-23)20-10-14-38-29(37)16-20)18-27(36)30(26)33(44)42-28(34(45)46)15-21-6-9-25(32-40-12-2-13-41-32)31-24(21)3-1-11-39-31;5-4-6-2-1-3-7-4/h1-14,16-18,28,43H,15H2,(H,42,44)(H,45,46);1-3H/t28-;/m0./s1. The number of amides is 1. The molecule has 0 aliphatic rings. The maximum atomic E-state index is 15.2. The quantitative estimate of drug-likeness (QED) is 0.0989. The van der Waals surface area contributed by atoms with Crippen LogP contribution in [0, 0.1) is 17.6 Å². The van der Waals surface area contributed by atoms with Gasteiger partial charge in [-0.15, -0.1) is 0 Å². The van der Waals surface area contributed by atoms with Crippen LogP contribution in [0.1, 0.15) is 15.9 Å². The molecule has 1 amide bonds. The van der Waals surface area contributed by atoms with E-state index in [0.29, 0.717) is 55.8 Å². The van der Waals surface area contributed by atoms with Crippen LogP contribution >= 0.6 is 15.9 Å². The van der Waals surface area contributed by atoms with Crippen molar-refractivity contribution in [2.45, 2.75) is 17.4 Å². The number of hydrogen-bond acceptors (Lipinski definition) is 10. The van der Waals surface area contributed by atoms with Gasteiger partial charge in [-0.1, -0.05) is 24.3 Å². The van der Waals surface area contributed by atoms with Crippen LogP contribution in [0.4, 0.5) is 18.9 Å². The van der Waals surface area contributed by atoms with Gasteiger partial charge in [0.15, 0.2) is 10.6 Å². The molecule has 282 valence electrons. The number of hydrogen-bond donors (Lipinski definition) is 3. The first-order chi connectivity index (χ1) is 26.9. The second kappa shape index (κ2) is 17.2. The first-order valence-corrected chi connectivity index (χ1v) is 18.5. The SMILES string of the molecule is Brc1ncccn1.O=C(N[C@@H](Cc1ccc(-c2ncccn2)c2ncccc12)C(=O)O)c1c(F)cc(NS(=O)(=O)c2ccc(-c3ccnc(F)c3)cc2)cc1F. The Kier molecular flexibility index (Phi) is 12.0. The van der Waals surface area contributed by atoms with Gasteiger partial charge < -0.3 is 10.4 Å². The van der Waals surface area contributed by atoms with Gasteiger partial charge in [0.05, 0.1) is 16.1 Å². The number of carbonyl (C=O) groups excluding carboxylic acids is 1. The van der Waals surface area contributed by atoms with E-state index in [0.717, 1.165) is 0 Å². The second-order valence-electron chi connectivity index (χ2n) is 11.6. The minimum Gasteiger partial charge on any atom is -0.480 e. The van der Waals surface area contributed by atoms with E-state index in [1.165, 1.54) is 42.6 Å². The summed E-state index contributed by atoms with van der Waals surface area (Å²) in [6, 6.07) is 17.6. The average molecular weight is 844 g/mol. The number of sulfonamides is 1. The van der Waals surface area contributed by atoms with Crippen molar-refractivity contribution in [1.29, 1.82) is 0 Å². The molecule has 18 heteroatoms. The van der Waals surface area contributed by atoms with Gasteiger partial charge in [0.2, 0.25) is 5.95 Å². The molecule has 7 aromatic rings. The van der Waals surface area contributed by atoms with E-state index in [2.05, 4.69) is 55.9 Å². The molecule has 0 spiro atoms. The lowest BCUT2D eigenvalue weighted by atomic mass is 9.97. The number of pyridine rings is 2. The Labute approximate surface area is 325 Å². The van der Waals surface area contributed by atoms with Gasteiger partial charge in [0, 0.05) is 60.6 Å². The van der Waals surface area contributed by atoms with Crippen molar-refractivity contribution >= 4 is 54.4 Å². The number of aromatic nitrogens is 6. The Hall–Kier alpha value is -6.66. The molecule has 3 N–H and O–H groups in total. The number of carbonyl (C=O) groups is 2. The molecule has 0 aliphatic heterocycles. The van der Waals surface area contributed by atoms with E-state index in [1.807, 2.05) is 0 Å². The lowest BCUT2D eigenvalue weighted by molar-refractivity contribution is -0.139. The molecule has 0 aliphatic carbocycles. The summed E-state index contributed by atoms with van der Waals surface area (Å²) >= 11 is 3.09. The number of nitrogens with zero attached hydrogens (tertiary/aromatic N) is 6. The topological polar surface area (TPSA) is 190 Å². The molecule has 0 radical (unpaired) electrons. The molecule has 0 saturated carbocycles. The van der Waals surface area contributed by atoms with Crippen LogP contribution in [0.5, 0.6) is 0 Å². The van der Waals surface area contributed by atoms with E-state index in [1.54, 1.807) is 67.4 Å². The normalized spacial score (nSPS) is 11.6. The fourth-order valence-electron chi connectivity index (χ4n) is 5.43. The number of anilines is 1. The molecule has 7 rings (SSSR count). The highest BCUT2D eigenvalue weighted by atomic mass is 79.9. The average Bonchev–Trinajstić information content (AvgIpc) is 3.18.